The van der Waals surface area contributed by atoms with Crippen LogP contribution in [0.1, 0.15) is 25.8 Å². The molecule has 0 fully saturated rings. The molecule has 1 aromatic rings. The molecule has 0 aliphatic rings. The van der Waals surface area contributed by atoms with Gasteiger partial charge in [0.1, 0.15) is 0 Å². The van der Waals surface area contributed by atoms with Crippen molar-refractivity contribution >= 4 is 0 Å². The van der Waals surface area contributed by atoms with Gasteiger partial charge in [-0.05, 0) is 44.3 Å². The molecule has 1 heteroatoms. The Morgan fingerprint density at radius 2 is 1.69 bits per heavy atom. The minimum absolute atomic E-state index is 0.770. The summed E-state index contributed by atoms with van der Waals surface area (Å²) >= 11 is 0. The molecule has 0 spiro atoms. The number of hydrogen-bond donors (Lipinski definition) is 0. The molecule has 0 aliphatic carbocycles. The first-order chi connectivity index (χ1) is 7.59. The second kappa shape index (κ2) is 6.70. The van der Waals surface area contributed by atoms with Crippen molar-refractivity contribution in [2.24, 2.45) is 11.8 Å². The van der Waals surface area contributed by atoms with Gasteiger partial charge in [0, 0.05) is 6.54 Å². The number of hydrogen-bond acceptors (Lipinski definition) is 1. The largest absolute Gasteiger partial charge is 0.309 e. The van der Waals surface area contributed by atoms with Crippen molar-refractivity contribution in [1.29, 1.82) is 0 Å². The normalized spacial score (nSPS) is 13.4. The van der Waals surface area contributed by atoms with Crippen molar-refractivity contribution in [2.75, 3.05) is 20.6 Å². The molecule has 0 amide bonds. The smallest absolute Gasteiger partial charge is 0.000612 e. The molecule has 0 heterocycles. The van der Waals surface area contributed by atoms with Gasteiger partial charge in [0.25, 0.3) is 0 Å². The molecule has 90 valence electrons. The SMILES string of the molecule is CC(C)[C@@H](CCc1ccccc1)CN(C)C. The predicted molar refractivity (Wildman–Crippen MR) is 71.6 cm³/mol. The lowest BCUT2D eigenvalue weighted by molar-refractivity contribution is 0.256. The highest BCUT2D eigenvalue weighted by Crippen LogP contribution is 2.18. The molecular formula is C15H25N. The maximum absolute atomic E-state index is 2.33. The fraction of sp³-hybridized carbons (Fsp3) is 0.600. The number of rotatable bonds is 6. The highest BCUT2D eigenvalue weighted by Gasteiger charge is 2.14. The maximum Gasteiger partial charge on any atom is 0.000612 e. The fourth-order valence-corrected chi connectivity index (χ4v) is 2.10. The van der Waals surface area contributed by atoms with E-state index in [1.54, 1.807) is 0 Å². The van der Waals surface area contributed by atoms with E-state index in [0.717, 1.165) is 11.8 Å². The molecule has 0 N–H and O–H groups in total. The van der Waals surface area contributed by atoms with Crippen LogP contribution in [-0.4, -0.2) is 25.5 Å². The molecule has 0 radical (unpaired) electrons. The van der Waals surface area contributed by atoms with E-state index in [0.29, 0.717) is 0 Å². The monoisotopic (exact) mass is 219 g/mol. The third-order valence-corrected chi connectivity index (χ3v) is 3.19. The second-order valence-corrected chi connectivity index (χ2v) is 5.29. The van der Waals surface area contributed by atoms with Crippen LogP contribution in [0, 0.1) is 11.8 Å². The molecule has 0 aliphatic heterocycles. The number of aryl methyl sites for hydroxylation is 1. The molecule has 1 rings (SSSR count). The van der Waals surface area contributed by atoms with Crippen LogP contribution in [0.25, 0.3) is 0 Å². The quantitative estimate of drug-likeness (QED) is 0.708. The zero-order chi connectivity index (χ0) is 12.0. The first-order valence-electron chi connectivity index (χ1n) is 6.28. The number of nitrogens with zero attached hydrogens (tertiary/aromatic N) is 1. The summed E-state index contributed by atoms with van der Waals surface area (Å²) in [5, 5.41) is 0. The summed E-state index contributed by atoms with van der Waals surface area (Å²) < 4.78 is 0. The Kier molecular flexibility index (Phi) is 5.54. The van der Waals surface area contributed by atoms with Crippen LogP contribution in [0.15, 0.2) is 30.3 Å². The van der Waals surface area contributed by atoms with Gasteiger partial charge < -0.3 is 4.90 Å². The molecule has 1 nitrogen and oxygen atoms in total. The van der Waals surface area contributed by atoms with Gasteiger partial charge in [-0.3, -0.25) is 0 Å². The Morgan fingerprint density at radius 1 is 1.06 bits per heavy atom. The Balaban J connectivity index is 2.44. The van der Waals surface area contributed by atoms with Gasteiger partial charge in [-0.1, -0.05) is 44.2 Å². The van der Waals surface area contributed by atoms with Crippen LogP contribution in [0.4, 0.5) is 0 Å². The van der Waals surface area contributed by atoms with E-state index in [2.05, 4.69) is 63.2 Å². The summed E-state index contributed by atoms with van der Waals surface area (Å²) in [4.78, 5) is 2.30. The average Bonchev–Trinajstić information content (AvgIpc) is 2.25. The topological polar surface area (TPSA) is 3.24 Å². The third kappa shape index (κ3) is 4.80. The summed E-state index contributed by atoms with van der Waals surface area (Å²) in [5.74, 6) is 1.57. The highest BCUT2D eigenvalue weighted by molar-refractivity contribution is 5.14. The highest BCUT2D eigenvalue weighted by atomic mass is 15.1. The summed E-state index contributed by atoms with van der Waals surface area (Å²) in [6, 6.07) is 10.8. The zero-order valence-electron chi connectivity index (χ0n) is 11.1. The van der Waals surface area contributed by atoms with Crippen LogP contribution >= 0.6 is 0 Å². The van der Waals surface area contributed by atoms with Gasteiger partial charge in [0.05, 0.1) is 0 Å². The van der Waals surface area contributed by atoms with Crippen LogP contribution in [0.2, 0.25) is 0 Å². The standard InChI is InChI=1S/C15H25N/c1-13(2)15(12-16(3)4)11-10-14-8-6-5-7-9-14/h5-9,13,15H,10-12H2,1-4H3/t15-/m0/s1. The van der Waals surface area contributed by atoms with Crippen molar-refractivity contribution < 1.29 is 0 Å². The molecule has 1 atom stereocenters. The van der Waals surface area contributed by atoms with Crippen molar-refractivity contribution in [1.82, 2.24) is 4.90 Å². The first kappa shape index (κ1) is 13.2. The Labute approximate surface area is 100 Å². The summed E-state index contributed by atoms with van der Waals surface area (Å²) in [6.07, 6.45) is 2.50. The van der Waals surface area contributed by atoms with Gasteiger partial charge in [0.15, 0.2) is 0 Å². The Bertz CT molecular complexity index is 277. The minimum atomic E-state index is 0.770. The van der Waals surface area contributed by atoms with Crippen LogP contribution in [0.3, 0.4) is 0 Å². The molecule has 0 bridgehead atoms. The lowest BCUT2D eigenvalue weighted by Crippen LogP contribution is -2.25. The van der Waals surface area contributed by atoms with E-state index in [1.807, 2.05) is 0 Å². The van der Waals surface area contributed by atoms with Crippen LogP contribution in [-0.2, 0) is 6.42 Å². The van der Waals surface area contributed by atoms with Gasteiger partial charge >= 0.3 is 0 Å². The first-order valence-corrected chi connectivity index (χ1v) is 6.28. The molecule has 16 heavy (non-hydrogen) atoms. The van der Waals surface area contributed by atoms with Crippen molar-refractivity contribution in [3.05, 3.63) is 35.9 Å². The van der Waals surface area contributed by atoms with E-state index < -0.39 is 0 Å². The van der Waals surface area contributed by atoms with Crippen LogP contribution in [0.5, 0.6) is 0 Å². The fourth-order valence-electron chi connectivity index (χ4n) is 2.10. The second-order valence-electron chi connectivity index (χ2n) is 5.29. The Morgan fingerprint density at radius 3 is 2.19 bits per heavy atom. The van der Waals surface area contributed by atoms with E-state index in [1.165, 1.54) is 24.9 Å². The van der Waals surface area contributed by atoms with Crippen molar-refractivity contribution in [2.45, 2.75) is 26.7 Å². The molecule has 0 unspecified atom stereocenters. The zero-order valence-corrected chi connectivity index (χ0v) is 11.1. The molecular weight excluding hydrogens is 194 g/mol. The Hall–Kier alpha value is -0.820. The van der Waals surface area contributed by atoms with E-state index in [9.17, 15) is 0 Å². The molecule has 0 saturated carbocycles. The maximum atomic E-state index is 2.33. The lowest BCUT2D eigenvalue weighted by atomic mass is 9.89. The molecule has 0 aromatic heterocycles. The van der Waals surface area contributed by atoms with E-state index >= 15 is 0 Å². The lowest BCUT2D eigenvalue weighted by Gasteiger charge is -2.24. The van der Waals surface area contributed by atoms with E-state index in [-0.39, 0.29) is 0 Å². The van der Waals surface area contributed by atoms with Crippen molar-refractivity contribution in [3.63, 3.8) is 0 Å². The summed E-state index contributed by atoms with van der Waals surface area (Å²) in [6.45, 7) is 5.86. The molecule has 0 saturated heterocycles. The third-order valence-electron chi connectivity index (χ3n) is 3.19. The summed E-state index contributed by atoms with van der Waals surface area (Å²) in [5.41, 5.74) is 1.46. The summed E-state index contributed by atoms with van der Waals surface area (Å²) in [7, 11) is 4.33. The van der Waals surface area contributed by atoms with Gasteiger partial charge in [-0.25, -0.2) is 0 Å². The van der Waals surface area contributed by atoms with Gasteiger partial charge in [-0.15, -0.1) is 0 Å². The van der Waals surface area contributed by atoms with Crippen molar-refractivity contribution in [3.8, 4) is 0 Å². The predicted octanol–water partition coefficient (Wildman–Crippen LogP) is 3.45. The van der Waals surface area contributed by atoms with Crippen LogP contribution < -0.4 is 0 Å². The average molecular weight is 219 g/mol. The minimum Gasteiger partial charge on any atom is -0.309 e. The van der Waals surface area contributed by atoms with Gasteiger partial charge in [0.2, 0.25) is 0 Å². The number of benzene rings is 1. The molecule has 1 aromatic carbocycles. The van der Waals surface area contributed by atoms with Gasteiger partial charge in [-0.2, -0.15) is 0 Å². The van der Waals surface area contributed by atoms with E-state index in [4.69, 9.17) is 0 Å².